The van der Waals surface area contributed by atoms with E-state index in [2.05, 4.69) is 20.4 Å². The Morgan fingerprint density at radius 1 is 0.682 bits per heavy atom. The van der Waals surface area contributed by atoms with Crippen LogP contribution in [0.15, 0.2) is 48.5 Å². The normalized spacial score (nSPS) is 12.0. The molecule has 0 bridgehead atoms. The Morgan fingerprint density at radius 3 is 1.36 bits per heavy atom. The van der Waals surface area contributed by atoms with Crippen LogP contribution in [0.2, 0.25) is 0 Å². The quantitative estimate of drug-likeness (QED) is 0.267. The molecule has 0 atom stereocenters. The van der Waals surface area contributed by atoms with Gasteiger partial charge in [-0.25, -0.2) is 4.39 Å². The number of nitrogens with zero attached hydrogens (tertiary/aromatic N) is 6. The third-order valence-corrected chi connectivity index (χ3v) is 6.08. The predicted octanol–water partition coefficient (Wildman–Crippen LogP) is 3.85. The van der Waals surface area contributed by atoms with Crippen LogP contribution < -0.4 is 0 Å². The van der Waals surface area contributed by atoms with Crippen molar-refractivity contribution in [2.45, 2.75) is 65.8 Å². The minimum absolute atomic E-state index is 0.00463. The van der Waals surface area contributed by atoms with Crippen molar-refractivity contribution in [2.75, 3.05) is 39.5 Å². The zero-order valence-electron chi connectivity index (χ0n) is 26.4. The lowest BCUT2D eigenvalue weighted by Gasteiger charge is -2.24. The highest BCUT2D eigenvalue weighted by atomic mass is 19.1. The zero-order chi connectivity index (χ0) is 32.3. The summed E-state index contributed by atoms with van der Waals surface area (Å²) in [5.41, 5.74) is 2.11. The third kappa shape index (κ3) is 12.0. The van der Waals surface area contributed by atoms with Crippen LogP contribution in [-0.2, 0) is 32.2 Å². The van der Waals surface area contributed by atoms with Crippen LogP contribution in [0.3, 0.4) is 0 Å². The Kier molecular flexibility index (Phi) is 12.4. The van der Waals surface area contributed by atoms with Gasteiger partial charge in [0.2, 0.25) is 11.6 Å². The number of esters is 2. The van der Waals surface area contributed by atoms with E-state index in [0.717, 1.165) is 16.7 Å². The summed E-state index contributed by atoms with van der Waals surface area (Å²) in [5.74, 6) is -0.0282. The molecule has 0 aliphatic carbocycles. The topological polar surface area (TPSA) is 131 Å². The molecule has 3 rings (SSSR count). The maximum Gasteiger partial charge on any atom is 0.320 e. The monoisotopic (exact) mass is 610 g/mol. The van der Waals surface area contributed by atoms with Crippen LogP contribution in [0.1, 0.15) is 52.7 Å². The zero-order valence-corrected chi connectivity index (χ0v) is 26.4. The molecule has 3 aromatic rings. The van der Waals surface area contributed by atoms with Gasteiger partial charge in [0.1, 0.15) is 17.9 Å². The Hall–Kier alpha value is -3.87. The summed E-state index contributed by atoms with van der Waals surface area (Å²) in [7, 11) is 0. The van der Waals surface area contributed by atoms with E-state index in [1.807, 2.05) is 74.2 Å². The van der Waals surface area contributed by atoms with Crippen molar-refractivity contribution >= 4 is 11.9 Å². The number of benzene rings is 2. The highest BCUT2D eigenvalue weighted by molar-refractivity contribution is 5.72. The van der Waals surface area contributed by atoms with Gasteiger partial charge in [-0.2, -0.15) is 0 Å². The Balaban J connectivity index is 1.61. The molecular formula is C32H43FN6O5. The number of rotatable bonds is 14. The molecule has 0 saturated carbocycles. The van der Waals surface area contributed by atoms with Gasteiger partial charge < -0.3 is 14.6 Å². The smallest absolute Gasteiger partial charge is 0.320 e. The third-order valence-electron chi connectivity index (χ3n) is 6.08. The first-order chi connectivity index (χ1) is 20.7. The van der Waals surface area contributed by atoms with Gasteiger partial charge in [-0.1, -0.05) is 48.5 Å². The van der Waals surface area contributed by atoms with Gasteiger partial charge in [0, 0.05) is 37.3 Å². The molecule has 12 heteroatoms. The average molecular weight is 611 g/mol. The lowest BCUT2D eigenvalue weighted by atomic mass is 10.1. The lowest BCUT2D eigenvalue weighted by molar-refractivity contribution is -0.157. The molecule has 0 spiro atoms. The summed E-state index contributed by atoms with van der Waals surface area (Å²) in [4.78, 5) is 28.0. The molecule has 44 heavy (non-hydrogen) atoms. The molecule has 0 amide bonds. The van der Waals surface area contributed by atoms with Crippen molar-refractivity contribution < 1.29 is 28.6 Å². The molecule has 0 aliphatic heterocycles. The van der Waals surface area contributed by atoms with E-state index in [1.54, 1.807) is 25.7 Å². The summed E-state index contributed by atoms with van der Waals surface area (Å²) in [5, 5.41) is 26.4. The Labute approximate surface area is 258 Å². The Bertz CT molecular complexity index is 1240. The van der Waals surface area contributed by atoms with Crippen molar-refractivity contribution in [1.82, 2.24) is 30.2 Å². The van der Waals surface area contributed by atoms with Gasteiger partial charge in [-0.3, -0.25) is 19.4 Å². The first-order valence-electron chi connectivity index (χ1n) is 14.6. The van der Waals surface area contributed by atoms with E-state index < -0.39 is 23.8 Å². The first kappa shape index (κ1) is 34.6. The number of aliphatic hydroxyl groups is 1. The minimum atomic E-state index is -0.603. The van der Waals surface area contributed by atoms with Gasteiger partial charge in [0.05, 0.1) is 19.7 Å². The van der Waals surface area contributed by atoms with E-state index in [9.17, 15) is 19.1 Å². The molecule has 1 N–H and O–H groups in total. The molecule has 238 valence electrons. The second kappa shape index (κ2) is 15.7. The van der Waals surface area contributed by atoms with E-state index in [1.165, 1.54) is 0 Å². The van der Waals surface area contributed by atoms with Crippen molar-refractivity contribution in [3.8, 4) is 22.8 Å². The van der Waals surface area contributed by atoms with Gasteiger partial charge in [-0.05, 0) is 52.7 Å². The predicted molar refractivity (Wildman–Crippen MR) is 164 cm³/mol. The summed E-state index contributed by atoms with van der Waals surface area (Å²) in [6.07, 6.45) is 0. The summed E-state index contributed by atoms with van der Waals surface area (Å²) >= 11 is 0. The molecular weight excluding hydrogens is 567 g/mol. The number of hydrogen-bond donors (Lipinski definition) is 1. The fourth-order valence-electron chi connectivity index (χ4n) is 4.30. The number of carbonyl (C=O) groups is 2. The molecule has 0 radical (unpaired) electrons. The van der Waals surface area contributed by atoms with E-state index >= 15 is 0 Å². The molecule has 0 unspecified atom stereocenters. The minimum Gasteiger partial charge on any atom is -0.459 e. The molecule has 2 aromatic carbocycles. The van der Waals surface area contributed by atoms with Crippen LogP contribution in [0.4, 0.5) is 4.39 Å². The highest BCUT2D eigenvalue weighted by Crippen LogP contribution is 2.19. The number of aromatic nitrogens is 4. The molecule has 0 fully saturated rings. The number of halogens is 1. The van der Waals surface area contributed by atoms with Crippen LogP contribution in [0, 0.1) is 0 Å². The number of aliphatic hydroxyl groups excluding tert-OH is 1. The maximum absolute atomic E-state index is 13.1. The van der Waals surface area contributed by atoms with E-state index in [0.29, 0.717) is 36.8 Å². The van der Waals surface area contributed by atoms with E-state index in [-0.39, 0.29) is 32.2 Å². The van der Waals surface area contributed by atoms with Crippen LogP contribution >= 0.6 is 0 Å². The fourth-order valence-corrected chi connectivity index (χ4v) is 4.30. The van der Waals surface area contributed by atoms with Gasteiger partial charge in [0.25, 0.3) is 0 Å². The first-order valence-corrected chi connectivity index (χ1v) is 14.6. The number of carbonyl (C=O) groups excluding carboxylic acids is 2. The molecule has 0 aliphatic rings. The van der Waals surface area contributed by atoms with Crippen molar-refractivity contribution in [1.29, 1.82) is 0 Å². The van der Waals surface area contributed by atoms with Crippen molar-refractivity contribution in [3.05, 3.63) is 59.7 Å². The lowest BCUT2D eigenvalue weighted by Crippen LogP contribution is -2.36. The van der Waals surface area contributed by atoms with Crippen LogP contribution in [0.25, 0.3) is 22.8 Å². The second-order valence-corrected chi connectivity index (χ2v) is 12.4. The summed E-state index contributed by atoms with van der Waals surface area (Å²) < 4.78 is 23.9. The molecule has 1 heterocycles. The van der Waals surface area contributed by atoms with Crippen molar-refractivity contribution in [3.63, 3.8) is 0 Å². The number of hydrogen-bond acceptors (Lipinski definition) is 11. The molecule has 1 aromatic heterocycles. The number of ether oxygens (including phenoxy) is 2. The summed E-state index contributed by atoms with van der Waals surface area (Å²) in [6.45, 7) is 11.5. The average Bonchev–Trinajstić information content (AvgIpc) is 2.92. The van der Waals surface area contributed by atoms with Gasteiger partial charge >= 0.3 is 11.9 Å². The number of alkyl halides is 1. The van der Waals surface area contributed by atoms with E-state index in [4.69, 9.17) is 9.47 Å². The standard InChI is InChI=1S/C32H43FN6O5/c1-31(2,3)43-27(41)21-38(16-15-33)19-23-7-11-25(12-8-23)29-34-36-30(37-35-29)26-13-9-24(10-14-26)20-39(17-18-40)22-28(42)44-32(4,5)6/h7-14,40H,15-22H2,1-6H3. The maximum atomic E-state index is 13.1. The fraction of sp³-hybridized carbons (Fsp3) is 0.500. The van der Waals surface area contributed by atoms with Crippen LogP contribution in [0.5, 0.6) is 0 Å². The van der Waals surface area contributed by atoms with Crippen LogP contribution in [-0.4, -0.2) is 97.9 Å². The molecule has 11 nitrogen and oxygen atoms in total. The Morgan fingerprint density at radius 2 is 1.05 bits per heavy atom. The second-order valence-electron chi connectivity index (χ2n) is 12.4. The SMILES string of the molecule is CC(C)(C)OC(=O)CN(CCO)Cc1ccc(-c2nnc(-c3ccc(CN(CCF)CC(=O)OC(C)(C)C)cc3)nn2)cc1. The largest absolute Gasteiger partial charge is 0.459 e. The molecule has 0 saturated heterocycles. The van der Waals surface area contributed by atoms with Crippen molar-refractivity contribution in [2.24, 2.45) is 0 Å². The van der Waals surface area contributed by atoms with Gasteiger partial charge in [-0.15, -0.1) is 20.4 Å². The van der Waals surface area contributed by atoms with Gasteiger partial charge in [0.15, 0.2) is 0 Å². The summed E-state index contributed by atoms with van der Waals surface area (Å²) in [6, 6.07) is 14.9. The highest BCUT2D eigenvalue weighted by Gasteiger charge is 2.20.